The normalized spacial score (nSPS) is 11.8. The Labute approximate surface area is 150 Å². The molecule has 1 aromatic carbocycles. The number of furan rings is 1. The molecule has 26 heavy (non-hydrogen) atoms. The minimum absolute atomic E-state index is 0.212. The summed E-state index contributed by atoms with van der Waals surface area (Å²) in [5.74, 6) is 0.0326. The van der Waals surface area contributed by atoms with Crippen LogP contribution in [0.4, 0.5) is 13.2 Å². The molecule has 3 rings (SSSR count). The van der Waals surface area contributed by atoms with Gasteiger partial charge in [0.1, 0.15) is 17.2 Å². The summed E-state index contributed by atoms with van der Waals surface area (Å²) in [4.78, 5) is 14.4. The smallest absolute Gasteiger partial charge is 0.417 e. The van der Waals surface area contributed by atoms with Crippen LogP contribution in [0, 0.1) is 0 Å². The van der Waals surface area contributed by atoms with Gasteiger partial charge in [0.25, 0.3) is 5.91 Å². The van der Waals surface area contributed by atoms with E-state index in [0.717, 1.165) is 12.1 Å². The number of carbonyl (C=O) groups excluding carboxylic acids is 1. The average molecular weight is 382 g/mol. The molecule has 0 aliphatic rings. The maximum Gasteiger partial charge on any atom is 0.417 e. The molecule has 9 heteroatoms. The van der Waals surface area contributed by atoms with E-state index in [1.54, 1.807) is 18.3 Å². The molecule has 0 atom stereocenters. The van der Waals surface area contributed by atoms with Crippen LogP contribution in [0.15, 0.2) is 58.2 Å². The molecule has 5 nitrogen and oxygen atoms in total. The van der Waals surface area contributed by atoms with Crippen molar-refractivity contribution in [2.75, 3.05) is 0 Å². The van der Waals surface area contributed by atoms with Crippen LogP contribution in [0.3, 0.4) is 0 Å². The number of nitrogens with one attached hydrogen (secondary N) is 2. The zero-order valence-corrected chi connectivity index (χ0v) is 13.7. The summed E-state index contributed by atoms with van der Waals surface area (Å²) >= 11 is 5.60. The Morgan fingerprint density at radius 1 is 1.23 bits per heavy atom. The summed E-state index contributed by atoms with van der Waals surface area (Å²) in [5, 5.41) is 3.35. The fraction of sp³-hybridized carbons (Fsp3) is 0.0588. The highest BCUT2D eigenvalue weighted by molar-refractivity contribution is 6.31. The van der Waals surface area contributed by atoms with Crippen molar-refractivity contribution in [3.8, 4) is 11.3 Å². The summed E-state index contributed by atoms with van der Waals surface area (Å²) in [5.41, 5.74) is 1.90. The van der Waals surface area contributed by atoms with Gasteiger partial charge < -0.3 is 9.40 Å². The number of aromatic amines is 1. The molecule has 1 amide bonds. The van der Waals surface area contributed by atoms with Gasteiger partial charge in [0.05, 0.1) is 16.8 Å². The van der Waals surface area contributed by atoms with Crippen LogP contribution in [0.25, 0.3) is 11.3 Å². The van der Waals surface area contributed by atoms with E-state index in [-0.39, 0.29) is 22.1 Å². The summed E-state index contributed by atoms with van der Waals surface area (Å²) in [7, 11) is 0. The van der Waals surface area contributed by atoms with Crippen molar-refractivity contribution in [3.05, 3.63) is 70.7 Å². The number of hydrazone groups is 1. The molecule has 0 saturated carbocycles. The van der Waals surface area contributed by atoms with Gasteiger partial charge in [0.15, 0.2) is 0 Å². The predicted molar refractivity (Wildman–Crippen MR) is 90.0 cm³/mol. The highest BCUT2D eigenvalue weighted by atomic mass is 35.5. The Morgan fingerprint density at radius 3 is 2.73 bits per heavy atom. The monoisotopic (exact) mass is 381 g/mol. The van der Waals surface area contributed by atoms with E-state index in [4.69, 9.17) is 16.0 Å². The first-order valence-electron chi connectivity index (χ1n) is 7.28. The summed E-state index contributed by atoms with van der Waals surface area (Å²) in [6, 6.07) is 9.75. The van der Waals surface area contributed by atoms with Crippen molar-refractivity contribution in [3.63, 3.8) is 0 Å². The van der Waals surface area contributed by atoms with Gasteiger partial charge in [-0.2, -0.15) is 18.3 Å². The van der Waals surface area contributed by atoms with Gasteiger partial charge in [0.2, 0.25) is 0 Å². The van der Waals surface area contributed by atoms with Crippen LogP contribution in [-0.2, 0) is 6.18 Å². The first-order chi connectivity index (χ1) is 12.3. The Bertz CT molecular complexity index is 947. The standard InChI is InChI=1S/C17H11ClF3N3O2/c18-13-5-3-10(8-12(13)17(19,20)21)15-6-4-11(26-15)9-23-24-16(25)14-2-1-7-22-14/h1-9,22H,(H,24,25)/b23-9-. The largest absolute Gasteiger partial charge is 0.455 e. The third-order valence-electron chi connectivity index (χ3n) is 3.38. The number of alkyl halides is 3. The van der Waals surface area contributed by atoms with E-state index >= 15 is 0 Å². The van der Waals surface area contributed by atoms with Gasteiger partial charge in [-0.3, -0.25) is 4.79 Å². The number of rotatable bonds is 4. The molecule has 2 N–H and O–H groups in total. The first-order valence-corrected chi connectivity index (χ1v) is 7.66. The zero-order chi connectivity index (χ0) is 18.7. The van der Waals surface area contributed by atoms with Crippen LogP contribution in [-0.4, -0.2) is 17.1 Å². The van der Waals surface area contributed by atoms with Gasteiger partial charge in [-0.25, -0.2) is 5.43 Å². The van der Waals surface area contributed by atoms with Crippen molar-refractivity contribution < 1.29 is 22.4 Å². The quantitative estimate of drug-likeness (QED) is 0.507. The molecule has 0 radical (unpaired) electrons. The molecule has 0 saturated heterocycles. The Kier molecular flexibility index (Phi) is 4.85. The van der Waals surface area contributed by atoms with E-state index in [1.807, 2.05) is 0 Å². The van der Waals surface area contributed by atoms with Crippen molar-refractivity contribution in [1.29, 1.82) is 0 Å². The van der Waals surface area contributed by atoms with Crippen LogP contribution in [0.2, 0.25) is 5.02 Å². The molecule has 134 valence electrons. The molecular weight excluding hydrogens is 371 g/mol. The number of hydrogen-bond acceptors (Lipinski definition) is 3. The van der Waals surface area contributed by atoms with E-state index in [1.165, 1.54) is 24.4 Å². The van der Waals surface area contributed by atoms with E-state index in [0.29, 0.717) is 5.69 Å². The summed E-state index contributed by atoms with van der Waals surface area (Å²) < 4.78 is 44.2. The Balaban J connectivity index is 1.74. The zero-order valence-electron chi connectivity index (χ0n) is 13.0. The summed E-state index contributed by atoms with van der Waals surface area (Å²) in [6.45, 7) is 0. The number of nitrogens with zero attached hydrogens (tertiary/aromatic N) is 1. The van der Waals surface area contributed by atoms with Gasteiger partial charge >= 0.3 is 6.18 Å². The predicted octanol–water partition coefficient (Wildman–Crippen LogP) is 4.71. The first kappa shape index (κ1) is 17.8. The lowest BCUT2D eigenvalue weighted by molar-refractivity contribution is -0.137. The van der Waals surface area contributed by atoms with E-state index in [9.17, 15) is 18.0 Å². The highest BCUT2D eigenvalue weighted by Crippen LogP contribution is 2.37. The third kappa shape index (κ3) is 3.97. The van der Waals surface area contributed by atoms with Crippen LogP contribution in [0.1, 0.15) is 21.8 Å². The number of carbonyl (C=O) groups is 1. The van der Waals surface area contributed by atoms with Crippen molar-refractivity contribution >= 4 is 23.7 Å². The van der Waals surface area contributed by atoms with Crippen molar-refractivity contribution in [1.82, 2.24) is 10.4 Å². The number of benzene rings is 1. The van der Waals surface area contributed by atoms with Gasteiger partial charge in [0, 0.05) is 11.8 Å². The number of hydrogen-bond donors (Lipinski definition) is 2. The molecule has 2 aromatic heterocycles. The lowest BCUT2D eigenvalue weighted by Gasteiger charge is -2.09. The topological polar surface area (TPSA) is 70.4 Å². The number of amides is 1. The fourth-order valence-electron chi connectivity index (χ4n) is 2.16. The van der Waals surface area contributed by atoms with Crippen molar-refractivity contribution in [2.24, 2.45) is 5.10 Å². The molecular formula is C17H11ClF3N3O2. The van der Waals surface area contributed by atoms with Crippen LogP contribution < -0.4 is 5.43 Å². The molecule has 0 spiro atoms. The Hall–Kier alpha value is -3.00. The SMILES string of the molecule is O=C(N/N=C\c1ccc(-c2ccc(Cl)c(C(F)(F)F)c2)o1)c1ccc[nH]1. The molecule has 0 aliphatic carbocycles. The minimum Gasteiger partial charge on any atom is -0.455 e. The molecule has 3 aromatic rings. The lowest BCUT2D eigenvalue weighted by Crippen LogP contribution is -2.17. The second-order valence-electron chi connectivity index (χ2n) is 5.18. The lowest BCUT2D eigenvalue weighted by atomic mass is 10.1. The highest BCUT2D eigenvalue weighted by Gasteiger charge is 2.33. The number of halogens is 4. The van der Waals surface area contributed by atoms with Gasteiger partial charge in [-0.1, -0.05) is 11.6 Å². The molecule has 0 fully saturated rings. The van der Waals surface area contributed by atoms with Gasteiger partial charge in [-0.15, -0.1) is 0 Å². The molecule has 0 unspecified atom stereocenters. The number of H-pyrrole nitrogens is 1. The minimum atomic E-state index is -4.56. The van der Waals surface area contributed by atoms with Crippen LogP contribution >= 0.6 is 11.6 Å². The van der Waals surface area contributed by atoms with Crippen molar-refractivity contribution in [2.45, 2.75) is 6.18 Å². The van der Waals surface area contributed by atoms with Crippen LogP contribution in [0.5, 0.6) is 0 Å². The van der Waals surface area contributed by atoms with E-state index < -0.39 is 17.6 Å². The maximum atomic E-state index is 12.9. The second-order valence-corrected chi connectivity index (χ2v) is 5.58. The third-order valence-corrected chi connectivity index (χ3v) is 3.71. The van der Waals surface area contributed by atoms with E-state index in [2.05, 4.69) is 15.5 Å². The van der Waals surface area contributed by atoms with Gasteiger partial charge in [-0.05, 0) is 42.5 Å². The fourth-order valence-corrected chi connectivity index (χ4v) is 2.38. The Morgan fingerprint density at radius 2 is 2.04 bits per heavy atom. The number of aromatic nitrogens is 1. The molecule has 2 heterocycles. The molecule has 0 aliphatic heterocycles. The average Bonchev–Trinajstić information content (AvgIpc) is 3.26. The second kappa shape index (κ2) is 7.09. The maximum absolute atomic E-state index is 12.9. The summed E-state index contributed by atoms with van der Waals surface area (Å²) in [6.07, 6.45) is -1.73. The molecule has 0 bridgehead atoms.